The minimum absolute atomic E-state index is 0.596. The van der Waals surface area contributed by atoms with Crippen molar-refractivity contribution in [1.82, 2.24) is 25.5 Å². The lowest BCUT2D eigenvalue weighted by molar-refractivity contribution is 0.389. The first kappa shape index (κ1) is 12.1. The van der Waals surface area contributed by atoms with Crippen LogP contribution in [-0.2, 0) is 13.5 Å². The first-order chi connectivity index (χ1) is 7.11. The molecule has 0 aromatic carbocycles. The van der Waals surface area contributed by atoms with Crippen LogP contribution in [0.1, 0.15) is 26.1 Å². The van der Waals surface area contributed by atoms with Crippen molar-refractivity contribution in [3.63, 3.8) is 0 Å². The average Bonchev–Trinajstić information content (AvgIpc) is 2.50. The molecule has 15 heavy (non-hydrogen) atoms. The Balaban J connectivity index is 2.50. The van der Waals surface area contributed by atoms with Gasteiger partial charge in [0.15, 0.2) is 5.82 Å². The van der Waals surface area contributed by atoms with E-state index in [0.717, 1.165) is 18.8 Å². The lowest BCUT2D eigenvalue weighted by Gasteiger charge is -2.16. The van der Waals surface area contributed by atoms with Crippen LogP contribution < -0.4 is 5.32 Å². The highest BCUT2D eigenvalue weighted by Gasteiger charge is 2.13. The third-order valence-corrected chi connectivity index (χ3v) is 2.32. The van der Waals surface area contributed by atoms with Gasteiger partial charge in [-0.05, 0) is 37.1 Å². The van der Waals surface area contributed by atoms with E-state index in [2.05, 4.69) is 34.6 Å². The molecule has 0 saturated carbocycles. The molecule has 86 valence electrons. The van der Waals surface area contributed by atoms with Crippen LogP contribution in [0.2, 0.25) is 0 Å². The number of aromatic nitrogens is 4. The van der Waals surface area contributed by atoms with E-state index < -0.39 is 0 Å². The summed E-state index contributed by atoms with van der Waals surface area (Å²) in [7, 11) is 3.78. The minimum Gasteiger partial charge on any atom is -0.319 e. The molecule has 0 aliphatic heterocycles. The van der Waals surface area contributed by atoms with Crippen LogP contribution >= 0.6 is 0 Å². The van der Waals surface area contributed by atoms with E-state index in [9.17, 15) is 0 Å². The molecule has 0 bridgehead atoms. The van der Waals surface area contributed by atoms with Gasteiger partial charge in [-0.25, -0.2) is 0 Å². The maximum atomic E-state index is 4.21. The number of nitrogens with one attached hydrogen (secondary N) is 1. The molecule has 0 spiro atoms. The van der Waals surface area contributed by atoms with Crippen molar-refractivity contribution in [2.75, 3.05) is 13.6 Å². The molecule has 0 aliphatic rings. The Morgan fingerprint density at radius 1 is 1.40 bits per heavy atom. The lowest BCUT2D eigenvalue weighted by Crippen LogP contribution is -2.22. The molecule has 5 nitrogen and oxygen atoms in total. The van der Waals surface area contributed by atoms with E-state index in [1.165, 1.54) is 11.2 Å². The van der Waals surface area contributed by atoms with E-state index >= 15 is 0 Å². The Labute approximate surface area is 91.2 Å². The molecule has 1 N–H and O–H groups in total. The molecule has 0 aliphatic carbocycles. The fraction of sp³-hybridized carbons (Fsp3) is 0.900. The largest absolute Gasteiger partial charge is 0.319 e. The summed E-state index contributed by atoms with van der Waals surface area (Å²) >= 11 is 0. The fourth-order valence-corrected chi connectivity index (χ4v) is 1.86. The number of tetrazole rings is 1. The van der Waals surface area contributed by atoms with Gasteiger partial charge in [0.25, 0.3) is 0 Å². The van der Waals surface area contributed by atoms with Crippen LogP contribution in [0.25, 0.3) is 0 Å². The van der Waals surface area contributed by atoms with Crippen molar-refractivity contribution in [3.8, 4) is 0 Å². The number of aryl methyl sites for hydroxylation is 1. The summed E-state index contributed by atoms with van der Waals surface area (Å²) in [5.41, 5.74) is 0. The highest BCUT2D eigenvalue weighted by atomic mass is 15.6. The number of nitrogens with zero attached hydrogens (tertiary/aromatic N) is 4. The Kier molecular flexibility index (Phi) is 4.68. The summed E-state index contributed by atoms with van der Waals surface area (Å²) in [5.74, 6) is 2.15. The predicted molar refractivity (Wildman–Crippen MR) is 59.4 cm³/mol. The maximum Gasteiger partial charge on any atom is 0.175 e. The summed E-state index contributed by atoms with van der Waals surface area (Å²) in [6.45, 7) is 5.50. The van der Waals surface area contributed by atoms with Gasteiger partial charge in [0.2, 0.25) is 0 Å². The Bertz CT molecular complexity index is 281. The van der Waals surface area contributed by atoms with Gasteiger partial charge in [-0.15, -0.1) is 10.2 Å². The zero-order valence-electron chi connectivity index (χ0n) is 10.1. The maximum absolute atomic E-state index is 4.21. The van der Waals surface area contributed by atoms with E-state index in [0.29, 0.717) is 11.8 Å². The first-order valence-electron chi connectivity index (χ1n) is 5.49. The van der Waals surface area contributed by atoms with Gasteiger partial charge in [0.05, 0.1) is 7.05 Å². The molecule has 0 fully saturated rings. The Hall–Kier alpha value is -0.970. The molecule has 1 atom stereocenters. The van der Waals surface area contributed by atoms with Crippen LogP contribution in [0.4, 0.5) is 0 Å². The van der Waals surface area contributed by atoms with E-state index in [4.69, 9.17) is 0 Å². The van der Waals surface area contributed by atoms with Gasteiger partial charge in [-0.2, -0.15) is 4.80 Å². The molecule has 1 heterocycles. The molecule has 0 saturated heterocycles. The van der Waals surface area contributed by atoms with Gasteiger partial charge in [-0.1, -0.05) is 13.8 Å². The molecular formula is C10H21N5. The van der Waals surface area contributed by atoms with E-state index in [1.54, 1.807) is 7.05 Å². The van der Waals surface area contributed by atoms with Crippen molar-refractivity contribution in [2.24, 2.45) is 18.9 Å². The standard InChI is InChI=1S/C10H21N5/c1-8(2)5-9(7-11-3)6-10-12-14-15(4)13-10/h8-9,11H,5-7H2,1-4H3. The summed E-state index contributed by atoms with van der Waals surface area (Å²) in [5, 5.41) is 15.3. The molecule has 1 aromatic rings. The molecule has 1 unspecified atom stereocenters. The van der Waals surface area contributed by atoms with Crippen LogP contribution in [0.15, 0.2) is 0 Å². The van der Waals surface area contributed by atoms with Gasteiger partial charge in [-0.3, -0.25) is 0 Å². The topological polar surface area (TPSA) is 55.6 Å². The Morgan fingerprint density at radius 2 is 2.13 bits per heavy atom. The van der Waals surface area contributed by atoms with Crippen LogP contribution in [-0.4, -0.2) is 33.8 Å². The van der Waals surface area contributed by atoms with Gasteiger partial charge >= 0.3 is 0 Å². The third kappa shape index (κ3) is 4.38. The second-order valence-electron chi connectivity index (χ2n) is 4.45. The number of hydrogen-bond donors (Lipinski definition) is 1. The first-order valence-corrected chi connectivity index (χ1v) is 5.49. The van der Waals surface area contributed by atoms with Crippen molar-refractivity contribution in [1.29, 1.82) is 0 Å². The minimum atomic E-state index is 0.596. The van der Waals surface area contributed by atoms with Gasteiger partial charge < -0.3 is 5.32 Å². The normalized spacial score (nSPS) is 13.4. The molecule has 1 aromatic heterocycles. The summed E-state index contributed by atoms with van der Waals surface area (Å²) in [4.78, 5) is 1.52. The molecule has 0 radical (unpaired) electrons. The summed E-state index contributed by atoms with van der Waals surface area (Å²) in [6.07, 6.45) is 2.10. The smallest absolute Gasteiger partial charge is 0.175 e. The summed E-state index contributed by atoms with van der Waals surface area (Å²) in [6, 6.07) is 0. The van der Waals surface area contributed by atoms with E-state index in [1.807, 2.05) is 7.05 Å². The number of rotatable bonds is 6. The quantitative estimate of drug-likeness (QED) is 0.750. The van der Waals surface area contributed by atoms with Crippen molar-refractivity contribution >= 4 is 0 Å². The lowest BCUT2D eigenvalue weighted by atomic mass is 9.94. The zero-order valence-corrected chi connectivity index (χ0v) is 10.1. The predicted octanol–water partition coefficient (Wildman–Crippen LogP) is 0.634. The highest BCUT2D eigenvalue weighted by molar-refractivity contribution is 4.82. The van der Waals surface area contributed by atoms with Crippen molar-refractivity contribution < 1.29 is 0 Å². The summed E-state index contributed by atoms with van der Waals surface area (Å²) < 4.78 is 0. The second kappa shape index (κ2) is 5.80. The van der Waals surface area contributed by atoms with Gasteiger partial charge in [0, 0.05) is 6.42 Å². The van der Waals surface area contributed by atoms with E-state index in [-0.39, 0.29) is 0 Å². The van der Waals surface area contributed by atoms with Crippen LogP contribution in [0, 0.1) is 11.8 Å². The van der Waals surface area contributed by atoms with Crippen molar-refractivity contribution in [2.45, 2.75) is 26.7 Å². The van der Waals surface area contributed by atoms with Gasteiger partial charge in [0.1, 0.15) is 0 Å². The average molecular weight is 211 g/mol. The van der Waals surface area contributed by atoms with Crippen molar-refractivity contribution in [3.05, 3.63) is 5.82 Å². The molecule has 0 amide bonds. The molecular weight excluding hydrogens is 190 g/mol. The fourth-order valence-electron chi connectivity index (χ4n) is 1.86. The zero-order chi connectivity index (χ0) is 11.3. The molecule has 1 rings (SSSR count). The third-order valence-electron chi connectivity index (χ3n) is 2.32. The second-order valence-corrected chi connectivity index (χ2v) is 4.45. The SMILES string of the molecule is CNCC(Cc1nnn(C)n1)CC(C)C. The van der Waals surface area contributed by atoms with Crippen LogP contribution in [0.5, 0.6) is 0 Å². The monoisotopic (exact) mass is 211 g/mol. The Morgan fingerprint density at radius 3 is 2.60 bits per heavy atom. The molecule has 5 heteroatoms. The highest BCUT2D eigenvalue weighted by Crippen LogP contribution is 2.14. The number of hydrogen-bond acceptors (Lipinski definition) is 4. The van der Waals surface area contributed by atoms with Crippen LogP contribution in [0.3, 0.4) is 0 Å².